The van der Waals surface area contributed by atoms with Gasteiger partial charge in [-0.25, -0.2) is 9.48 Å². The van der Waals surface area contributed by atoms with Gasteiger partial charge in [0, 0.05) is 17.4 Å². The molecule has 0 atom stereocenters. The number of anilines is 1. The number of aromatic nitrogens is 2. The van der Waals surface area contributed by atoms with Crippen molar-refractivity contribution in [2.45, 2.75) is 13.8 Å². The fourth-order valence-electron chi connectivity index (χ4n) is 1.78. The fourth-order valence-corrected chi connectivity index (χ4v) is 1.78. The lowest BCUT2D eigenvalue weighted by Gasteiger charge is -2.06. The van der Waals surface area contributed by atoms with Crippen LogP contribution < -0.4 is 5.73 Å². The van der Waals surface area contributed by atoms with Crippen LogP contribution in [0.25, 0.3) is 5.69 Å². The number of carbonyl (C=O) groups excluding carboxylic acids is 2. The van der Waals surface area contributed by atoms with Crippen LogP contribution in [-0.2, 0) is 4.74 Å². The fraction of sp³-hybridized carbons (Fsp3) is 0.214. The number of rotatable bonds is 4. The zero-order valence-corrected chi connectivity index (χ0v) is 11.3. The average molecular weight is 273 g/mol. The molecule has 0 aliphatic rings. The first-order chi connectivity index (χ1) is 9.52. The Kier molecular flexibility index (Phi) is 3.84. The van der Waals surface area contributed by atoms with Crippen molar-refractivity contribution in [2.24, 2.45) is 0 Å². The molecule has 0 radical (unpaired) electrons. The summed E-state index contributed by atoms with van der Waals surface area (Å²) in [6.07, 6.45) is 2.97. The zero-order valence-electron chi connectivity index (χ0n) is 11.3. The predicted molar refractivity (Wildman–Crippen MR) is 73.9 cm³/mol. The Labute approximate surface area is 116 Å². The van der Waals surface area contributed by atoms with Crippen LogP contribution in [0.5, 0.6) is 0 Å². The molecule has 0 bridgehead atoms. The van der Waals surface area contributed by atoms with E-state index in [1.807, 2.05) is 0 Å². The molecule has 1 heterocycles. The van der Waals surface area contributed by atoms with Crippen LogP contribution >= 0.6 is 0 Å². The first-order valence-corrected chi connectivity index (χ1v) is 6.15. The normalized spacial score (nSPS) is 10.3. The molecule has 0 saturated carbocycles. The molecule has 104 valence electrons. The molecule has 6 nitrogen and oxygen atoms in total. The Bertz CT molecular complexity index is 661. The van der Waals surface area contributed by atoms with E-state index in [1.165, 1.54) is 17.8 Å². The number of carbonyl (C=O) groups is 2. The van der Waals surface area contributed by atoms with Crippen LogP contribution in [0.3, 0.4) is 0 Å². The maximum Gasteiger partial charge on any atom is 0.341 e. The van der Waals surface area contributed by atoms with E-state index < -0.39 is 5.97 Å². The molecule has 6 heteroatoms. The summed E-state index contributed by atoms with van der Waals surface area (Å²) in [5.74, 6) is -0.553. The highest BCUT2D eigenvalue weighted by Gasteiger charge is 2.12. The minimum Gasteiger partial charge on any atom is -0.462 e. The molecule has 2 aromatic rings. The van der Waals surface area contributed by atoms with E-state index in [2.05, 4.69) is 5.10 Å². The third-order valence-electron chi connectivity index (χ3n) is 2.77. The summed E-state index contributed by atoms with van der Waals surface area (Å²) in [7, 11) is 0. The Balaban J connectivity index is 2.35. The van der Waals surface area contributed by atoms with Crippen molar-refractivity contribution in [1.82, 2.24) is 9.78 Å². The number of esters is 1. The van der Waals surface area contributed by atoms with E-state index in [0.29, 0.717) is 29.1 Å². The molecule has 0 aliphatic heterocycles. The van der Waals surface area contributed by atoms with Crippen molar-refractivity contribution in [3.8, 4) is 5.69 Å². The van der Waals surface area contributed by atoms with Gasteiger partial charge in [0.25, 0.3) is 0 Å². The van der Waals surface area contributed by atoms with Crippen molar-refractivity contribution < 1.29 is 14.3 Å². The number of Topliss-reactive ketones (excluding diaryl/α,β-unsaturated/α-hetero) is 1. The highest BCUT2D eigenvalue weighted by molar-refractivity contribution is 5.99. The second-order valence-corrected chi connectivity index (χ2v) is 4.22. The van der Waals surface area contributed by atoms with Crippen molar-refractivity contribution in [1.29, 1.82) is 0 Å². The largest absolute Gasteiger partial charge is 0.462 e. The molecule has 1 aromatic heterocycles. The number of nitrogens with zero attached hydrogens (tertiary/aromatic N) is 2. The van der Waals surface area contributed by atoms with Gasteiger partial charge >= 0.3 is 5.97 Å². The summed E-state index contributed by atoms with van der Waals surface area (Å²) >= 11 is 0. The minimum atomic E-state index is -0.430. The van der Waals surface area contributed by atoms with Gasteiger partial charge in [-0.15, -0.1) is 0 Å². The molecule has 2 rings (SSSR count). The van der Waals surface area contributed by atoms with Crippen LogP contribution in [0.1, 0.15) is 34.6 Å². The molecular formula is C14H15N3O3. The van der Waals surface area contributed by atoms with Crippen molar-refractivity contribution >= 4 is 17.4 Å². The molecule has 0 fully saturated rings. The van der Waals surface area contributed by atoms with Crippen LogP contribution in [0.4, 0.5) is 5.69 Å². The number of nitrogens with two attached hydrogens (primary N) is 1. The first-order valence-electron chi connectivity index (χ1n) is 6.15. The van der Waals surface area contributed by atoms with Gasteiger partial charge in [-0.3, -0.25) is 4.79 Å². The first kappa shape index (κ1) is 13.8. The van der Waals surface area contributed by atoms with Gasteiger partial charge in [-0.1, -0.05) is 0 Å². The van der Waals surface area contributed by atoms with Crippen LogP contribution in [0.15, 0.2) is 30.6 Å². The maximum atomic E-state index is 11.6. The van der Waals surface area contributed by atoms with Gasteiger partial charge in [0.05, 0.1) is 24.1 Å². The summed E-state index contributed by atoms with van der Waals surface area (Å²) in [5, 5.41) is 4.08. The van der Waals surface area contributed by atoms with Crippen molar-refractivity contribution in [3.05, 3.63) is 41.7 Å². The van der Waals surface area contributed by atoms with Crippen molar-refractivity contribution in [2.75, 3.05) is 12.3 Å². The van der Waals surface area contributed by atoms with E-state index in [0.717, 1.165) is 0 Å². The average Bonchev–Trinajstić information content (AvgIpc) is 2.89. The smallest absolute Gasteiger partial charge is 0.341 e. The number of nitrogen functional groups attached to an aromatic ring is 1. The highest BCUT2D eigenvalue weighted by atomic mass is 16.5. The van der Waals surface area contributed by atoms with E-state index in [1.54, 1.807) is 31.3 Å². The van der Waals surface area contributed by atoms with Crippen LogP contribution in [0.2, 0.25) is 0 Å². The second kappa shape index (κ2) is 5.56. The van der Waals surface area contributed by atoms with Gasteiger partial charge in [-0.05, 0) is 32.0 Å². The van der Waals surface area contributed by atoms with Gasteiger partial charge in [0.15, 0.2) is 5.78 Å². The second-order valence-electron chi connectivity index (χ2n) is 4.22. The third kappa shape index (κ3) is 2.69. The molecule has 0 saturated heterocycles. The summed E-state index contributed by atoms with van der Waals surface area (Å²) < 4.78 is 6.39. The number of hydrogen-bond acceptors (Lipinski definition) is 5. The van der Waals surface area contributed by atoms with Crippen molar-refractivity contribution in [3.63, 3.8) is 0 Å². The number of ether oxygens (including phenoxy) is 1. The molecule has 20 heavy (non-hydrogen) atoms. The SMILES string of the molecule is CCOC(=O)c1cnn(-c2ccc(N)c(C(C)=O)c2)c1. The number of ketones is 1. The quantitative estimate of drug-likeness (QED) is 0.521. The molecule has 0 aliphatic carbocycles. The third-order valence-corrected chi connectivity index (χ3v) is 2.77. The van der Waals surface area contributed by atoms with Gasteiger partial charge in [0.1, 0.15) is 0 Å². The predicted octanol–water partition coefficient (Wildman–Crippen LogP) is 1.83. The summed E-state index contributed by atoms with van der Waals surface area (Å²) in [6, 6.07) is 5.00. The lowest BCUT2D eigenvalue weighted by atomic mass is 10.1. The van der Waals surface area contributed by atoms with Gasteiger partial charge in [0.2, 0.25) is 0 Å². The summed E-state index contributed by atoms with van der Waals surface area (Å²) in [6.45, 7) is 3.49. The molecule has 0 unspecified atom stereocenters. The Morgan fingerprint density at radius 1 is 1.40 bits per heavy atom. The zero-order chi connectivity index (χ0) is 14.7. The standard InChI is InChI=1S/C14H15N3O3/c1-3-20-14(19)10-7-16-17(8-10)11-4-5-13(15)12(6-11)9(2)18/h4-8H,3,15H2,1-2H3. The van der Waals surface area contributed by atoms with Gasteiger partial charge in [-0.2, -0.15) is 5.10 Å². The van der Waals surface area contributed by atoms with Crippen LogP contribution in [0, 0.1) is 0 Å². The van der Waals surface area contributed by atoms with E-state index in [9.17, 15) is 9.59 Å². The maximum absolute atomic E-state index is 11.6. The Morgan fingerprint density at radius 3 is 2.80 bits per heavy atom. The van der Waals surface area contributed by atoms with E-state index in [-0.39, 0.29) is 5.78 Å². The van der Waals surface area contributed by atoms with E-state index in [4.69, 9.17) is 10.5 Å². The molecule has 0 amide bonds. The highest BCUT2D eigenvalue weighted by Crippen LogP contribution is 2.18. The summed E-state index contributed by atoms with van der Waals surface area (Å²) in [5.41, 5.74) is 7.59. The summed E-state index contributed by atoms with van der Waals surface area (Å²) in [4.78, 5) is 23.0. The molecule has 1 aromatic carbocycles. The topological polar surface area (TPSA) is 87.2 Å². The Morgan fingerprint density at radius 2 is 2.15 bits per heavy atom. The monoisotopic (exact) mass is 273 g/mol. The van der Waals surface area contributed by atoms with E-state index >= 15 is 0 Å². The lowest BCUT2D eigenvalue weighted by Crippen LogP contribution is -2.04. The minimum absolute atomic E-state index is 0.123. The number of benzene rings is 1. The lowest BCUT2D eigenvalue weighted by molar-refractivity contribution is 0.0526. The molecule has 0 spiro atoms. The molecule has 2 N–H and O–H groups in total. The van der Waals surface area contributed by atoms with Gasteiger partial charge < -0.3 is 10.5 Å². The number of hydrogen-bond donors (Lipinski definition) is 1. The molecular weight excluding hydrogens is 258 g/mol. The Hall–Kier alpha value is -2.63. The van der Waals surface area contributed by atoms with Crippen LogP contribution in [-0.4, -0.2) is 28.1 Å².